The standard InChI is InChI=1S/C13H14N4O3/c14-12(19)11-4-8(18)5-17(11)13(20)7-1-2-9-10(3-7)16-6-15-9/h1-3,6,8,11,18H,4-5H2,(H2,14,19)(H,15,16). The molecule has 1 aliphatic heterocycles. The van der Waals surface area contributed by atoms with Crippen molar-refractivity contribution in [1.82, 2.24) is 14.9 Å². The molecule has 0 bridgehead atoms. The summed E-state index contributed by atoms with van der Waals surface area (Å²) >= 11 is 0. The molecule has 1 saturated heterocycles. The number of hydrogen-bond donors (Lipinski definition) is 3. The molecule has 104 valence electrons. The molecular formula is C13H14N4O3. The van der Waals surface area contributed by atoms with Crippen molar-refractivity contribution in [3.8, 4) is 0 Å². The first-order valence-corrected chi connectivity index (χ1v) is 6.28. The number of hydrogen-bond acceptors (Lipinski definition) is 4. The third-order valence-corrected chi connectivity index (χ3v) is 3.54. The molecule has 20 heavy (non-hydrogen) atoms. The van der Waals surface area contributed by atoms with Crippen LogP contribution in [-0.4, -0.2) is 50.5 Å². The number of imidazole rings is 1. The van der Waals surface area contributed by atoms with E-state index < -0.39 is 18.1 Å². The lowest BCUT2D eigenvalue weighted by Gasteiger charge is -2.21. The predicted octanol–water partition coefficient (Wildman–Crippen LogP) is -0.376. The minimum Gasteiger partial charge on any atom is -0.391 e. The van der Waals surface area contributed by atoms with E-state index in [-0.39, 0.29) is 18.9 Å². The Labute approximate surface area is 114 Å². The molecule has 2 aromatic rings. The summed E-state index contributed by atoms with van der Waals surface area (Å²) in [7, 11) is 0. The van der Waals surface area contributed by atoms with E-state index in [1.807, 2.05) is 0 Å². The number of primary amides is 1. The maximum atomic E-state index is 12.4. The number of aliphatic hydroxyl groups is 1. The minimum absolute atomic E-state index is 0.119. The van der Waals surface area contributed by atoms with Gasteiger partial charge in [-0.1, -0.05) is 0 Å². The van der Waals surface area contributed by atoms with E-state index in [9.17, 15) is 14.7 Å². The van der Waals surface area contributed by atoms with Gasteiger partial charge in [0.1, 0.15) is 6.04 Å². The molecule has 0 radical (unpaired) electrons. The number of H-pyrrole nitrogens is 1. The van der Waals surface area contributed by atoms with Crippen LogP contribution in [0.3, 0.4) is 0 Å². The summed E-state index contributed by atoms with van der Waals surface area (Å²) in [5.74, 6) is -0.917. The summed E-state index contributed by atoms with van der Waals surface area (Å²) in [6, 6.07) is 4.29. The molecule has 1 aromatic heterocycles. The van der Waals surface area contributed by atoms with Gasteiger partial charge in [0, 0.05) is 18.5 Å². The zero-order chi connectivity index (χ0) is 14.3. The number of benzene rings is 1. The summed E-state index contributed by atoms with van der Waals surface area (Å²) in [5.41, 5.74) is 7.21. The number of likely N-dealkylation sites (tertiary alicyclic amines) is 1. The van der Waals surface area contributed by atoms with Gasteiger partial charge in [-0.25, -0.2) is 4.98 Å². The van der Waals surface area contributed by atoms with Crippen molar-refractivity contribution in [2.75, 3.05) is 6.54 Å². The van der Waals surface area contributed by atoms with Crippen LogP contribution in [0, 0.1) is 0 Å². The summed E-state index contributed by atoms with van der Waals surface area (Å²) in [4.78, 5) is 32.1. The normalized spacial score (nSPS) is 22.4. The molecule has 2 amide bonds. The molecule has 1 aliphatic rings. The molecule has 7 heteroatoms. The zero-order valence-electron chi connectivity index (χ0n) is 10.6. The van der Waals surface area contributed by atoms with Crippen LogP contribution < -0.4 is 5.73 Å². The third-order valence-electron chi connectivity index (χ3n) is 3.54. The number of aliphatic hydroxyl groups excluding tert-OH is 1. The highest BCUT2D eigenvalue weighted by Gasteiger charge is 2.38. The van der Waals surface area contributed by atoms with Crippen molar-refractivity contribution < 1.29 is 14.7 Å². The van der Waals surface area contributed by atoms with Gasteiger partial charge in [-0.3, -0.25) is 9.59 Å². The first-order valence-electron chi connectivity index (χ1n) is 6.28. The number of β-amino-alcohol motifs (C(OH)–C–C–N with tert-alkyl or cyclic N) is 1. The summed E-state index contributed by atoms with van der Waals surface area (Å²) < 4.78 is 0. The number of nitrogens with two attached hydrogens (primary N) is 1. The predicted molar refractivity (Wildman–Crippen MR) is 70.7 cm³/mol. The van der Waals surface area contributed by atoms with E-state index in [4.69, 9.17) is 5.73 Å². The molecule has 7 nitrogen and oxygen atoms in total. The smallest absolute Gasteiger partial charge is 0.254 e. The number of amides is 2. The van der Waals surface area contributed by atoms with Gasteiger partial charge in [-0.2, -0.15) is 0 Å². The molecule has 2 unspecified atom stereocenters. The van der Waals surface area contributed by atoms with E-state index in [2.05, 4.69) is 9.97 Å². The summed E-state index contributed by atoms with van der Waals surface area (Å²) in [5, 5.41) is 9.64. The lowest BCUT2D eigenvalue weighted by Crippen LogP contribution is -2.43. The Bertz CT molecular complexity index is 681. The molecule has 2 heterocycles. The van der Waals surface area contributed by atoms with Crippen molar-refractivity contribution in [3.05, 3.63) is 30.1 Å². The van der Waals surface area contributed by atoms with Crippen LogP contribution in [0.15, 0.2) is 24.5 Å². The van der Waals surface area contributed by atoms with Crippen LogP contribution in [0.2, 0.25) is 0 Å². The van der Waals surface area contributed by atoms with E-state index in [0.29, 0.717) is 5.56 Å². The van der Waals surface area contributed by atoms with Crippen LogP contribution in [0.5, 0.6) is 0 Å². The number of nitrogens with zero attached hydrogens (tertiary/aromatic N) is 2. The second kappa shape index (κ2) is 4.61. The number of rotatable bonds is 2. The Hall–Kier alpha value is -2.41. The first-order chi connectivity index (χ1) is 9.56. The fourth-order valence-electron chi connectivity index (χ4n) is 2.54. The molecule has 1 aromatic carbocycles. The third kappa shape index (κ3) is 2.01. The van der Waals surface area contributed by atoms with Crippen molar-refractivity contribution in [1.29, 1.82) is 0 Å². The van der Waals surface area contributed by atoms with Gasteiger partial charge in [0.05, 0.1) is 23.5 Å². The molecule has 2 atom stereocenters. The van der Waals surface area contributed by atoms with Crippen molar-refractivity contribution >= 4 is 22.8 Å². The molecule has 0 spiro atoms. The fourth-order valence-corrected chi connectivity index (χ4v) is 2.54. The van der Waals surface area contributed by atoms with Gasteiger partial charge in [-0.05, 0) is 18.2 Å². The number of fused-ring (bicyclic) bond motifs is 1. The Balaban J connectivity index is 1.92. The first kappa shape index (κ1) is 12.6. The van der Waals surface area contributed by atoms with Gasteiger partial charge in [0.15, 0.2) is 0 Å². The lowest BCUT2D eigenvalue weighted by atomic mass is 10.1. The molecule has 4 N–H and O–H groups in total. The molecular weight excluding hydrogens is 260 g/mol. The fraction of sp³-hybridized carbons (Fsp3) is 0.308. The van der Waals surface area contributed by atoms with Gasteiger partial charge >= 0.3 is 0 Å². The molecule has 1 fully saturated rings. The van der Waals surface area contributed by atoms with Crippen LogP contribution in [0.1, 0.15) is 16.8 Å². The highest BCUT2D eigenvalue weighted by molar-refractivity contribution is 6.00. The van der Waals surface area contributed by atoms with E-state index in [0.717, 1.165) is 11.0 Å². The Morgan fingerprint density at radius 1 is 1.45 bits per heavy atom. The molecule has 0 saturated carbocycles. The molecule has 0 aliphatic carbocycles. The lowest BCUT2D eigenvalue weighted by molar-refractivity contribution is -0.121. The highest BCUT2D eigenvalue weighted by atomic mass is 16.3. The Morgan fingerprint density at radius 2 is 2.25 bits per heavy atom. The summed E-state index contributed by atoms with van der Waals surface area (Å²) in [6.07, 6.45) is 1.02. The van der Waals surface area contributed by atoms with Gasteiger partial charge < -0.3 is 20.7 Å². The maximum absolute atomic E-state index is 12.4. The van der Waals surface area contributed by atoms with Crippen molar-refractivity contribution in [3.63, 3.8) is 0 Å². The number of nitrogens with one attached hydrogen (secondary N) is 1. The van der Waals surface area contributed by atoms with Crippen LogP contribution in [-0.2, 0) is 4.79 Å². The van der Waals surface area contributed by atoms with Crippen molar-refractivity contribution in [2.45, 2.75) is 18.6 Å². The van der Waals surface area contributed by atoms with E-state index in [1.54, 1.807) is 24.5 Å². The largest absolute Gasteiger partial charge is 0.391 e. The maximum Gasteiger partial charge on any atom is 0.254 e. The number of aromatic nitrogens is 2. The number of aromatic amines is 1. The highest BCUT2D eigenvalue weighted by Crippen LogP contribution is 2.21. The second-order valence-electron chi connectivity index (χ2n) is 4.90. The number of carbonyl (C=O) groups excluding carboxylic acids is 2. The quantitative estimate of drug-likeness (QED) is 0.693. The molecule has 3 rings (SSSR count). The van der Waals surface area contributed by atoms with Crippen LogP contribution >= 0.6 is 0 Å². The van der Waals surface area contributed by atoms with E-state index in [1.165, 1.54) is 4.90 Å². The van der Waals surface area contributed by atoms with Gasteiger partial charge in [-0.15, -0.1) is 0 Å². The van der Waals surface area contributed by atoms with E-state index >= 15 is 0 Å². The SMILES string of the molecule is NC(=O)C1CC(O)CN1C(=O)c1ccc2nc[nH]c2c1. The Morgan fingerprint density at radius 3 is 3.00 bits per heavy atom. The average Bonchev–Trinajstić information content (AvgIpc) is 3.02. The van der Waals surface area contributed by atoms with Gasteiger partial charge in [0.2, 0.25) is 5.91 Å². The zero-order valence-corrected chi connectivity index (χ0v) is 10.6. The van der Waals surface area contributed by atoms with Crippen molar-refractivity contribution in [2.24, 2.45) is 5.73 Å². The average molecular weight is 274 g/mol. The monoisotopic (exact) mass is 274 g/mol. The van der Waals surface area contributed by atoms with Gasteiger partial charge in [0.25, 0.3) is 5.91 Å². The topological polar surface area (TPSA) is 112 Å². The second-order valence-corrected chi connectivity index (χ2v) is 4.90. The minimum atomic E-state index is -0.755. The number of carbonyl (C=O) groups is 2. The van der Waals surface area contributed by atoms with Crippen LogP contribution in [0.4, 0.5) is 0 Å². The summed E-state index contributed by atoms with van der Waals surface area (Å²) in [6.45, 7) is 0.119. The van der Waals surface area contributed by atoms with Crippen LogP contribution in [0.25, 0.3) is 11.0 Å². The Kier molecular flexibility index (Phi) is 2.90.